The Hall–Kier alpha value is -0.670. The Morgan fingerprint density at radius 3 is 2.56 bits per heavy atom. The molecule has 0 aliphatic carbocycles. The highest BCUT2D eigenvalue weighted by atomic mass is 35.5. The van der Waals surface area contributed by atoms with Crippen LogP contribution in [0.2, 0.25) is 5.02 Å². The fraction of sp³-hybridized carbons (Fsp3) is 0.417. The second kappa shape index (κ2) is 6.81. The second-order valence-electron chi connectivity index (χ2n) is 3.84. The third-order valence-corrected chi connectivity index (χ3v) is 3.12. The van der Waals surface area contributed by atoms with E-state index in [9.17, 15) is 4.79 Å². The maximum absolute atomic E-state index is 11.3. The SMILES string of the molecule is CC(C)NC(=O)CSCc1ccc(Cl)cc1. The zero-order valence-corrected chi connectivity index (χ0v) is 11.1. The number of hydrogen-bond donors (Lipinski definition) is 1. The normalized spacial score (nSPS) is 10.5. The van der Waals surface area contributed by atoms with Gasteiger partial charge in [-0.3, -0.25) is 4.79 Å². The summed E-state index contributed by atoms with van der Waals surface area (Å²) in [6, 6.07) is 7.91. The number of rotatable bonds is 5. The van der Waals surface area contributed by atoms with E-state index in [4.69, 9.17) is 11.6 Å². The van der Waals surface area contributed by atoms with Gasteiger partial charge in [0, 0.05) is 16.8 Å². The molecule has 0 saturated heterocycles. The Balaban J connectivity index is 2.25. The van der Waals surface area contributed by atoms with E-state index < -0.39 is 0 Å². The first-order valence-corrected chi connectivity index (χ1v) is 6.72. The lowest BCUT2D eigenvalue weighted by Gasteiger charge is -2.07. The molecule has 1 aromatic rings. The molecule has 0 heterocycles. The van der Waals surface area contributed by atoms with E-state index in [1.807, 2.05) is 38.1 Å². The van der Waals surface area contributed by atoms with Crippen LogP contribution in [0.3, 0.4) is 0 Å². The highest BCUT2D eigenvalue weighted by Crippen LogP contribution is 2.15. The molecule has 0 fully saturated rings. The van der Waals surface area contributed by atoms with Gasteiger partial charge in [0.05, 0.1) is 5.75 Å². The zero-order valence-electron chi connectivity index (χ0n) is 9.50. The first-order chi connectivity index (χ1) is 7.58. The molecular formula is C12H16ClNOS. The summed E-state index contributed by atoms with van der Waals surface area (Å²) < 4.78 is 0. The average Bonchev–Trinajstić information content (AvgIpc) is 2.20. The summed E-state index contributed by atoms with van der Waals surface area (Å²) in [6.45, 7) is 3.92. The van der Waals surface area contributed by atoms with Gasteiger partial charge in [0.25, 0.3) is 0 Å². The van der Waals surface area contributed by atoms with Gasteiger partial charge in [-0.25, -0.2) is 0 Å². The molecule has 88 valence electrons. The third kappa shape index (κ3) is 5.42. The van der Waals surface area contributed by atoms with Crippen LogP contribution in [0, 0.1) is 0 Å². The maximum Gasteiger partial charge on any atom is 0.230 e. The predicted molar refractivity (Wildman–Crippen MR) is 70.9 cm³/mol. The molecule has 0 saturated carbocycles. The standard InChI is InChI=1S/C12H16ClNOS/c1-9(2)14-12(15)8-16-7-10-3-5-11(13)6-4-10/h3-6,9H,7-8H2,1-2H3,(H,14,15). The number of carbonyl (C=O) groups is 1. The first-order valence-electron chi connectivity index (χ1n) is 5.19. The Morgan fingerprint density at radius 1 is 1.38 bits per heavy atom. The quantitative estimate of drug-likeness (QED) is 0.878. The number of benzene rings is 1. The molecular weight excluding hydrogens is 242 g/mol. The van der Waals surface area contributed by atoms with Crippen LogP contribution < -0.4 is 5.32 Å². The van der Waals surface area contributed by atoms with Crippen LogP contribution in [0.15, 0.2) is 24.3 Å². The van der Waals surface area contributed by atoms with Crippen LogP contribution in [-0.2, 0) is 10.5 Å². The molecule has 0 atom stereocenters. The highest BCUT2D eigenvalue weighted by molar-refractivity contribution is 7.99. The van der Waals surface area contributed by atoms with Crippen LogP contribution in [0.4, 0.5) is 0 Å². The lowest BCUT2D eigenvalue weighted by atomic mass is 10.2. The van der Waals surface area contributed by atoms with Crippen molar-refractivity contribution in [3.05, 3.63) is 34.9 Å². The van der Waals surface area contributed by atoms with Crippen molar-refractivity contribution < 1.29 is 4.79 Å². The zero-order chi connectivity index (χ0) is 12.0. The van der Waals surface area contributed by atoms with Gasteiger partial charge in [-0.15, -0.1) is 11.8 Å². The number of hydrogen-bond acceptors (Lipinski definition) is 2. The fourth-order valence-electron chi connectivity index (χ4n) is 1.21. The summed E-state index contributed by atoms with van der Waals surface area (Å²) in [6.07, 6.45) is 0. The lowest BCUT2D eigenvalue weighted by Crippen LogP contribution is -2.31. The molecule has 1 aromatic carbocycles. The Morgan fingerprint density at radius 2 is 2.00 bits per heavy atom. The van der Waals surface area contributed by atoms with E-state index in [1.165, 1.54) is 5.56 Å². The lowest BCUT2D eigenvalue weighted by molar-refractivity contribution is -0.119. The molecule has 1 rings (SSSR count). The van der Waals surface area contributed by atoms with Crippen molar-refractivity contribution in [3.63, 3.8) is 0 Å². The number of halogens is 1. The van der Waals surface area contributed by atoms with Gasteiger partial charge >= 0.3 is 0 Å². The highest BCUT2D eigenvalue weighted by Gasteiger charge is 2.03. The van der Waals surface area contributed by atoms with Gasteiger partial charge in [0.1, 0.15) is 0 Å². The molecule has 0 radical (unpaired) electrons. The Bertz CT molecular complexity index is 337. The molecule has 0 aliphatic heterocycles. The van der Waals surface area contributed by atoms with Gasteiger partial charge < -0.3 is 5.32 Å². The molecule has 0 unspecified atom stereocenters. The Kier molecular flexibility index (Phi) is 5.71. The van der Waals surface area contributed by atoms with Gasteiger partial charge in [-0.1, -0.05) is 23.7 Å². The second-order valence-corrected chi connectivity index (χ2v) is 5.26. The van der Waals surface area contributed by atoms with Crippen molar-refractivity contribution in [1.82, 2.24) is 5.32 Å². The van der Waals surface area contributed by atoms with E-state index in [0.29, 0.717) is 5.75 Å². The molecule has 0 aromatic heterocycles. The van der Waals surface area contributed by atoms with E-state index >= 15 is 0 Å². The van der Waals surface area contributed by atoms with Crippen molar-refractivity contribution in [1.29, 1.82) is 0 Å². The molecule has 1 N–H and O–H groups in total. The minimum absolute atomic E-state index is 0.0916. The maximum atomic E-state index is 11.3. The molecule has 0 aliphatic rings. The number of carbonyl (C=O) groups excluding carboxylic acids is 1. The summed E-state index contributed by atoms with van der Waals surface area (Å²) in [7, 11) is 0. The van der Waals surface area contributed by atoms with Crippen molar-refractivity contribution in [3.8, 4) is 0 Å². The van der Waals surface area contributed by atoms with E-state index in [2.05, 4.69) is 5.32 Å². The molecule has 16 heavy (non-hydrogen) atoms. The smallest absolute Gasteiger partial charge is 0.230 e. The van der Waals surface area contributed by atoms with Crippen LogP contribution in [0.25, 0.3) is 0 Å². The number of nitrogens with one attached hydrogen (secondary N) is 1. The van der Waals surface area contributed by atoms with Gasteiger partial charge in [0.2, 0.25) is 5.91 Å². The Labute approximate surface area is 106 Å². The van der Waals surface area contributed by atoms with E-state index in [0.717, 1.165) is 10.8 Å². The van der Waals surface area contributed by atoms with Crippen molar-refractivity contribution >= 4 is 29.3 Å². The van der Waals surface area contributed by atoms with Gasteiger partial charge in [0.15, 0.2) is 0 Å². The summed E-state index contributed by atoms with van der Waals surface area (Å²) >= 11 is 7.39. The molecule has 0 bridgehead atoms. The van der Waals surface area contributed by atoms with E-state index in [1.54, 1.807) is 11.8 Å². The molecule has 1 amide bonds. The predicted octanol–water partition coefficient (Wildman–Crippen LogP) is 3.10. The topological polar surface area (TPSA) is 29.1 Å². The van der Waals surface area contributed by atoms with Crippen molar-refractivity contribution in [2.24, 2.45) is 0 Å². The molecule has 2 nitrogen and oxygen atoms in total. The minimum Gasteiger partial charge on any atom is -0.353 e. The van der Waals surface area contributed by atoms with Crippen molar-refractivity contribution in [2.45, 2.75) is 25.6 Å². The first kappa shape index (κ1) is 13.4. The summed E-state index contributed by atoms with van der Waals surface area (Å²) in [5, 5.41) is 3.60. The van der Waals surface area contributed by atoms with Crippen LogP contribution in [0.1, 0.15) is 19.4 Å². The summed E-state index contributed by atoms with van der Waals surface area (Å²) in [5.74, 6) is 1.43. The summed E-state index contributed by atoms with van der Waals surface area (Å²) in [5.41, 5.74) is 1.19. The van der Waals surface area contributed by atoms with Crippen LogP contribution in [0.5, 0.6) is 0 Å². The summed E-state index contributed by atoms with van der Waals surface area (Å²) in [4.78, 5) is 11.3. The van der Waals surface area contributed by atoms with Crippen LogP contribution >= 0.6 is 23.4 Å². The van der Waals surface area contributed by atoms with Gasteiger partial charge in [-0.05, 0) is 31.5 Å². The monoisotopic (exact) mass is 257 g/mol. The van der Waals surface area contributed by atoms with Gasteiger partial charge in [-0.2, -0.15) is 0 Å². The third-order valence-electron chi connectivity index (χ3n) is 1.86. The molecule has 4 heteroatoms. The average molecular weight is 258 g/mol. The van der Waals surface area contributed by atoms with E-state index in [-0.39, 0.29) is 11.9 Å². The number of thioether (sulfide) groups is 1. The number of amides is 1. The molecule has 0 spiro atoms. The van der Waals surface area contributed by atoms with Crippen molar-refractivity contribution in [2.75, 3.05) is 5.75 Å². The minimum atomic E-state index is 0.0916. The fourth-order valence-corrected chi connectivity index (χ4v) is 2.13. The largest absolute Gasteiger partial charge is 0.353 e. The van der Waals surface area contributed by atoms with Crippen LogP contribution in [-0.4, -0.2) is 17.7 Å².